The maximum Gasteiger partial charge on any atom is 0.306 e. The van der Waals surface area contributed by atoms with Gasteiger partial charge in [-0.15, -0.1) is 0 Å². The van der Waals surface area contributed by atoms with Crippen LogP contribution in [0.5, 0.6) is 0 Å². The van der Waals surface area contributed by atoms with Gasteiger partial charge in [0.15, 0.2) is 10.2 Å². The van der Waals surface area contributed by atoms with Crippen molar-refractivity contribution in [3.8, 4) is 0 Å². The Hall–Kier alpha value is -5.74. The summed E-state index contributed by atoms with van der Waals surface area (Å²) in [5.41, 5.74) is 9.65. The number of carboxylic acid groups (broad SMARTS) is 1. The fraction of sp³-hybridized carbons (Fsp3) is 0.333. The van der Waals surface area contributed by atoms with E-state index in [0.717, 1.165) is 89.9 Å². The first kappa shape index (κ1) is 37.8. The number of aromatic nitrogens is 6. The number of fused-ring (bicyclic) bond motifs is 8. The third-order valence-corrected chi connectivity index (χ3v) is 13.1. The van der Waals surface area contributed by atoms with Crippen molar-refractivity contribution >= 4 is 90.7 Å². The van der Waals surface area contributed by atoms with Gasteiger partial charge >= 0.3 is 5.97 Å². The number of nitrogens with zero attached hydrogens (tertiary/aromatic N) is 4. The van der Waals surface area contributed by atoms with Crippen LogP contribution in [0.25, 0.3) is 22.1 Å². The topological polar surface area (TPSA) is 208 Å². The number of aromatic amines is 2. The van der Waals surface area contributed by atoms with Crippen molar-refractivity contribution in [3.63, 3.8) is 0 Å². The van der Waals surface area contributed by atoms with Gasteiger partial charge in [0.25, 0.3) is 0 Å². The fourth-order valence-electron chi connectivity index (χ4n) is 8.20. The molecule has 0 radical (unpaired) electrons. The van der Waals surface area contributed by atoms with E-state index in [1.54, 1.807) is 6.33 Å². The monoisotopic (exact) mass is 815 g/mol. The molecule has 10 rings (SSSR count). The maximum atomic E-state index is 12.7. The molecule has 0 fully saturated rings. The van der Waals surface area contributed by atoms with Crippen LogP contribution in [0.3, 0.4) is 0 Å². The van der Waals surface area contributed by atoms with Crippen LogP contribution in [-0.4, -0.2) is 63.7 Å². The molecule has 2 aliphatic carbocycles. The van der Waals surface area contributed by atoms with Crippen molar-refractivity contribution in [1.82, 2.24) is 35.2 Å². The Balaban J connectivity index is 0.000000152. The molecular formula is C42H41N9O5S2. The van der Waals surface area contributed by atoms with Crippen LogP contribution < -0.4 is 16.0 Å². The van der Waals surface area contributed by atoms with E-state index in [-0.39, 0.29) is 28.0 Å². The van der Waals surface area contributed by atoms with Gasteiger partial charge in [0.1, 0.15) is 35.6 Å². The van der Waals surface area contributed by atoms with Gasteiger partial charge in [-0.25, -0.2) is 19.9 Å². The molecule has 4 aliphatic rings. The highest BCUT2D eigenvalue weighted by molar-refractivity contribution is 8.14. The Bertz CT molecular complexity index is 2660. The number of nitrogens with one attached hydrogen (secondary N) is 5. The van der Waals surface area contributed by atoms with Gasteiger partial charge in [-0.2, -0.15) is 0 Å². The van der Waals surface area contributed by atoms with Crippen molar-refractivity contribution in [3.05, 3.63) is 82.7 Å². The number of benzene rings is 2. The quantitative estimate of drug-likeness (QED) is 0.0934. The molecule has 0 saturated heterocycles. The number of rotatable bonds is 8. The third kappa shape index (κ3) is 7.53. The SMILES string of the molecule is CC(C)CNC(=O)C1CCc2[nH]c3ncnc(Nc4ccc5c(c4)SC(=O)C5)c3c2C1.O=C1Cc2ccc(Nc3ncnc4[nH]c5c(c34)CC(C(=O)O)CC5)cc2S1. The number of hydrogen-bond acceptors (Lipinski definition) is 12. The maximum absolute atomic E-state index is 12.7. The second-order valence-corrected chi connectivity index (χ2v) is 17.8. The highest BCUT2D eigenvalue weighted by Crippen LogP contribution is 2.40. The van der Waals surface area contributed by atoms with Gasteiger partial charge in [-0.1, -0.05) is 49.5 Å². The predicted molar refractivity (Wildman–Crippen MR) is 223 cm³/mol. The molecule has 1 amide bonds. The molecule has 6 aromatic rings. The normalized spacial score (nSPS) is 18.0. The summed E-state index contributed by atoms with van der Waals surface area (Å²) >= 11 is 2.56. The summed E-state index contributed by atoms with van der Waals surface area (Å²) in [6, 6.07) is 11.8. The average molecular weight is 816 g/mol. The Morgan fingerprint density at radius 3 is 1.76 bits per heavy atom. The number of anilines is 4. The summed E-state index contributed by atoms with van der Waals surface area (Å²) in [5.74, 6) is 0.744. The van der Waals surface area contributed by atoms with E-state index in [9.17, 15) is 24.3 Å². The van der Waals surface area contributed by atoms with Crippen molar-refractivity contribution in [2.75, 3.05) is 17.2 Å². The summed E-state index contributed by atoms with van der Waals surface area (Å²) in [5, 5.41) is 21.4. The number of carboxylic acids is 1. The van der Waals surface area contributed by atoms with E-state index in [1.807, 2.05) is 36.4 Å². The summed E-state index contributed by atoms with van der Waals surface area (Å²) in [4.78, 5) is 73.8. The van der Waals surface area contributed by atoms with Crippen LogP contribution in [-0.2, 0) is 57.7 Å². The van der Waals surface area contributed by atoms with Crippen molar-refractivity contribution in [2.24, 2.45) is 17.8 Å². The fourth-order valence-corrected chi connectivity index (χ4v) is 10.1. The summed E-state index contributed by atoms with van der Waals surface area (Å²) < 4.78 is 0. The molecule has 58 heavy (non-hydrogen) atoms. The second kappa shape index (κ2) is 15.5. The van der Waals surface area contributed by atoms with E-state index < -0.39 is 5.97 Å². The molecule has 14 nitrogen and oxygen atoms in total. The molecule has 4 aromatic heterocycles. The number of H-pyrrole nitrogens is 2. The Morgan fingerprint density at radius 1 is 0.759 bits per heavy atom. The van der Waals surface area contributed by atoms with E-state index in [1.165, 1.54) is 29.9 Å². The summed E-state index contributed by atoms with van der Waals surface area (Å²) in [7, 11) is 0. The van der Waals surface area contributed by atoms with Crippen molar-refractivity contribution in [2.45, 2.75) is 75.0 Å². The zero-order chi connectivity index (χ0) is 40.1. The molecule has 2 atom stereocenters. The zero-order valence-electron chi connectivity index (χ0n) is 31.9. The number of thioether (sulfide) groups is 2. The van der Waals surface area contributed by atoms with E-state index in [4.69, 9.17) is 0 Å². The standard InChI is InChI=1S/C23H25N5O2S.C19H16N4O3S/c1-12(2)10-24-23(30)14-4-6-17-16(7-14)20-21(25-11-26-22(20)28-17)27-15-5-3-13-8-19(29)31-18(13)9-15;24-15-6-9-1-3-11(7-14(9)27-15)22-17-16-12-5-10(19(25)26)2-4-13(12)23-18(16)21-8-20-17/h3,5,9,11-12,14H,4,6-8,10H2,1-2H3,(H,24,30)(H2,25,26,27,28);1,3,7-8,10H,2,4-6H2,(H,25,26)(H2,20,21,22,23). The van der Waals surface area contributed by atoms with Crippen LogP contribution in [0.2, 0.25) is 0 Å². The van der Waals surface area contributed by atoms with Crippen molar-refractivity contribution < 1.29 is 24.3 Å². The van der Waals surface area contributed by atoms with Gasteiger partial charge in [-0.3, -0.25) is 19.2 Å². The minimum atomic E-state index is -0.762. The number of carbonyl (C=O) groups is 4. The minimum Gasteiger partial charge on any atom is -0.481 e. The molecule has 16 heteroatoms. The molecule has 296 valence electrons. The smallest absolute Gasteiger partial charge is 0.306 e. The van der Waals surface area contributed by atoms with Gasteiger partial charge in [-0.05, 0) is 91.0 Å². The van der Waals surface area contributed by atoms with Gasteiger partial charge in [0.2, 0.25) is 5.91 Å². The van der Waals surface area contributed by atoms with E-state index in [0.29, 0.717) is 62.5 Å². The molecular weight excluding hydrogens is 775 g/mol. The highest BCUT2D eigenvalue weighted by atomic mass is 32.2. The minimum absolute atomic E-state index is 0.0410. The number of amides is 1. The highest BCUT2D eigenvalue weighted by Gasteiger charge is 2.31. The van der Waals surface area contributed by atoms with Crippen LogP contribution in [0, 0.1) is 17.8 Å². The lowest BCUT2D eigenvalue weighted by molar-refractivity contribution is -0.142. The lowest BCUT2D eigenvalue weighted by Gasteiger charge is -2.22. The summed E-state index contributed by atoms with van der Waals surface area (Å²) in [6.45, 7) is 4.90. The van der Waals surface area contributed by atoms with E-state index in [2.05, 4.69) is 59.7 Å². The molecule has 0 spiro atoms. The molecule has 0 saturated carbocycles. The largest absolute Gasteiger partial charge is 0.481 e. The predicted octanol–water partition coefficient (Wildman–Crippen LogP) is 6.82. The number of aryl methyl sites for hydroxylation is 2. The first-order valence-electron chi connectivity index (χ1n) is 19.5. The Labute approximate surface area is 341 Å². The van der Waals surface area contributed by atoms with E-state index >= 15 is 0 Å². The first-order chi connectivity index (χ1) is 28.1. The van der Waals surface area contributed by atoms with Gasteiger partial charge < -0.3 is 31.0 Å². The van der Waals surface area contributed by atoms with Gasteiger partial charge in [0, 0.05) is 57.9 Å². The molecule has 6 heterocycles. The number of carbonyl (C=O) groups excluding carboxylic acids is 3. The Kier molecular flexibility index (Phi) is 10.1. The number of aliphatic carboxylic acids is 1. The molecule has 2 aromatic carbocycles. The Morgan fingerprint density at radius 2 is 1.26 bits per heavy atom. The lowest BCUT2D eigenvalue weighted by Crippen LogP contribution is -2.36. The van der Waals surface area contributed by atoms with Crippen LogP contribution >= 0.6 is 23.5 Å². The van der Waals surface area contributed by atoms with Crippen LogP contribution in [0.4, 0.5) is 23.0 Å². The number of hydrogen-bond donors (Lipinski definition) is 6. The first-order valence-corrected chi connectivity index (χ1v) is 21.1. The van der Waals surface area contributed by atoms with Crippen LogP contribution in [0.15, 0.2) is 58.8 Å². The molecule has 0 bridgehead atoms. The van der Waals surface area contributed by atoms with Crippen LogP contribution in [0.1, 0.15) is 60.3 Å². The lowest BCUT2D eigenvalue weighted by atomic mass is 9.86. The zero-order valence-corrected chi connectivity index (χ0v) is 33.5. The molecule has 6 N–H and O–H groups in total. The molecule has 2 aliphatic heterocycles. The summed E-state index contributed by atoms with van der Waals surface area (Å²) in [6.07, 6.45) is 8.12. The van der Waals surface area contributed by atoms with Gasteiger partial charge in [0.05, 0.1) is 16.7 Å². The average Bonchev–Trinajstić information content (AvgIpc) is 3.98. The second-order valence-electron chi connectivity index (χ2n) is 15.6. The third-order valence-electron chi connectivity index (χ3n) is 11.1. The van der Waals surface area contributed by atoms with Crippen molar-refractivity contribution in [1.29, 1.82) is 0 Å². The molecule has 2 unspecified atom stereocenters.